The molecule has 2 saturated heterocycles. The minimum atomic E-state index is -2.92. The zero-order chi connectivity index (χ0) is 15.3. The molecule has 4 nitrogen and oxygen atoms in total. The van der Waals surface area contributed by atoms with E-state index in [9.17, 15) is 13.2 Å². The molecule has 1 aromatic carbocycles. The number of amides is 1. The van der Waals surface area contributed by atoms with Gasteiger partial charge in [0.25, 0.3) is 5.91 Å². The molecule has 1 amide bonds. The van der Waals surface area contributed by atoms with Crippen molar-refractivity contribution in [2.45, 2.75) is 61.5 Å². The predicted octanol–water partition coefficient (Wildman–Crippen LogP) is 2.01. The molecule has 118 valence electrons. The van der Waals surface area contributed by atoms with Crippen molar-refractivity contribution in [2.24, 2.45) is 0 Å². The van der Waals surface area contributed by atoms with E-state index in [0.29, 0.717) is 12.8 Å². The first kappa shape index (κ1) is 14.2. The Kier molecular flexibility index (Phi) is 3.29. The van der Waals surface area contributed by atoms with Crippen LogP contribution in [0.15, 0.2) is 18.2 Å². The molecular weight excluding hydrogens is 298 g/mol. The molecule has 1 aromatic rings. The number of nitrogens with one attached hydrogen (secondary N) is 1. The van der Waals surface area contributed by atoms with Gasteiger partial charge in [0.2, 0.25) is 0 Å². The Morgan fingerprint density at radius 1 is 1.09 bits per heavy atom. The fourth-order valence-electron chi connectivity index (χ4n) is 4.42. The van der Waals surface area contributed by atoms with Crippen molar-refractivity contribution < 1.29 is 13.2 Å². The number of hydrogen-bond acceptors (Lipinski definition) is 3. The van der Waals surface area contributed by atoms with Crippen molar-refractivity contribution in [3.63, 3.8) is 0 Å². The number of fused-ring (bicyclic) bond motifs is 3. The summed E-state index contributed by atoms with van der Waals surface area (Å²) in [6, 6.07) is 5.96. The number of carbonyl (C=O) groups excluding carboxylic acids is 1. The van der Waals surface area contributed by atoms with Gasteiger partial charge in [-0.25, -0.2) is 8.42 Å². The van der Waals surface area contributed by atoms with Crippen molar-refractivity contribution in [1.29, 1.82) is 0 Å². The van der Waals surface area contributed by atoms with Crippen LogP contribution in [0.4, 0.5) is 0 Å². The molecule has 3 aliphatic rings. The molecule has 2 atom stereocenters. The predicted molar refractivity (Wildman–Crippen MR) is 84.7 cm³/mol. The Morgan fingerprint density at radius 2 is 1.82 bits per heavy atom. The fourth-order valence-corrected chi connectivity index (χ4v) is 6.90. The van der Waals surface area contributed by atoms with Gasteiger partial charge in [-0.2, -0.15) is 0 Å². The van der Waals surface area contributed by atoms with Crippen molar-refractivity contribution >= 4 is 15.7 Å². The highest BCUT2D eigenvalue weighted by Crippen LogP contribution is 2.38. The molecule has 1 N–H and O–H groups in total. The van der Waals surface area contributed by atoms with Crippen LogP contribution < -0.4 is 5.32 Å². The number of sulfone groups is 1. The molecule has 5 heteroatoms. The van der Waals surface area contributed by atoms with E-state index in [1.165, 1.54) is 11.1 Å². The zero-order valence-electron chi connectivity index (χ0n) is 12.5. The normalized spacial score (nSPS) is 31.7. The molecule has 0 radical (unpaired) electrons. The van der Waals surface area contributed by atoms with E-state index in [1.54, 1.807) is 0 Å². The first-order valence-electron chi connectivity index (χ1n) is 8.20. The van der Waals surface area contributed by atoms with Crippen LogP contribution in [0, 0.1) is 0 Å². The number of hydrogen-bond donors (Lipinski definition) is 1. The monoisotopic (exact) mass is 319 g/mol. The maximum atomic E-state index is 12.6. The maximum Gasteiger partial charge on any atom is 0.251 e. The Balaban J connectivity index is 1.51. The molecule has 2 fully saturated rings. The van der Waals surface area contributed by atoms with Crippen LogP contribution in [0.5, 0.6) is 0 Å². The lowest BCUT2D eigenvalue weighted by Gasteiger charge is -2.28. The fraction of sp³-hybridized carbons (Fsp3) is 0.588. The number of aryl methyl sites for hydroxylation is 1. The third-order valence-corrected chi connectivity index (χ3v) is 8.28. The summed E-state index contributed by atoms with van der Waals surface area (Å²) in [5, 5.41) is 2.62. The highest BCUT2D eigenvalue weighted by Gasteiger charge is 2.47. The molecule has 2 bridgehead atoms. The van der Waals surface area contributed by atoms with Gasteiger partial charge in [0, 0.05) is 11.6 Å². The third kappa shape index (κ3) is 2.18. The largest absolute Gasteiger partial charge is 0.349 e. The Hall–Kier alpha value is -1.36. The van der Waals surface area contributed by atoms with Gasteiger partial charge < -0.3 is 5.32 Å². The summed E-state index contributed by atoms with van der Waals surface area (Å²) in [5.74, 6) is -0.0255. The molecule has 0 spiro atoms. The Morgan fingerprint density at radius 3 is 2.55 bits per heavy atom. The molecule has 2 aliphatic heterocycles. The van der Waals surface area contributed by atoms with Crippen LogP contribution in [0.1, 0.15) is 53.6 Å². The number of benzene rings is 1. The van der Waals surface area contributed by atoms with Crippen LogP contribution >= 0.6 is 0 Å². The summed E-state index contributed by atoms with van der Waals surface area (Å²) in [4.78, 5) is 12.6. The lowest BCUT2D eigenvalue weighted by molar-refractivity contribution is 0.0931. The lowest BCUT2D eigenvalue weighted by atomic mass is 10.0. The van der Waals surface area contributed by atoms with Crippen molar-refractivity contribution in [3.8, 4) is 0 Å². The van der Waals surface area contributed by atoms with Gasteiger partial charge in [-0.15, -0.1) is 0 Å². The average Bonchev–Trinajstić information content (AvgIpc) is 2.98. The van der Waals surface area contributed by atoms with Gasteiger partial charge >= 0.3 is 0 Å². The lowest BCUT2D eigenvalue weighted by Crippen LogP contribution is -2.45. The minimum absolute atomic E-state index is 0.00536. The smallest absolute Gasteiger partial charge is 0.251 e. The third-order valence-electron chi connectivity index (χ3n) is 5.56. The second kappa shape index (κ2) is 5.08. The van der Waals surface area contributed by atoms with E-state index >= 15 is 0 Å². The van der Waals surface area contributed by atoms with Gasteiger partial charge in [-0.3, -0.25) is 4.79 Å². The summed E-state index contributed by atoms with van der Waals surface area (Å²) in [6.45, 7) is 0. The highest BCUT2D eigenvalue weighted by atomic mass is 32.2. The van der Waals surface area contributed by atoms with Gasteiger partial charge in [-0.05, 0) is 62.1 Å². The van der Waals surface area contributed by atoms with Crippen LogP contribution in [0.3, 0.4) is 0 Å². The van der Waals surface area contributed by atoms with E-state index in [1.807, 2.05) is 12.1 Å². The van der Waals surface area contributed by atoms with E-state index in [-0.39, 0.29) is 22.4 Å². The van der Waals surface area contributed by atoms with E-state index in [2.05, 4.69) is 11.4 Å². The van der Waals surface area contributed by atoms with Gasteiger partial charge in [-0.1, -0.05) is 12.1 Å². The van der Waals surface area contributed by atoms with Crippen molar-refractivity contribution in [1.82, 2.24) is 5.32 Å². The van der Waals surface area contributed by atoms with Crippen LogP contribution in [0.25, 0.3) is 0 Å². The molecule has 22 heavy (non-hydrogen) atoms. The van der Waals surface area contributed by atoms with Crippen LogP contribution in [-0.2, 0) is 22.7 Å². The van der Waals surface area contributed by atoms with Gasteiger partial charge in [0.15, 0.2) is 9.84 Å². The first-order chi connectivity index (χ1) is 10.6. The topological polar surface area (TPSA) is 63.2 Å². The van der Waals surface area contributed by atoms with Crippen molar-refractivity contribution in [2.75, 3.05) is 0 Å². The van der Waals surface area contributed by atoms with E-state index in [4.69, 9.17) is 0 Å². The van der Waals surface area contributed by atoms with Gasteiger partial charge in [0.1, 0.15) is 0 Å². The quantitative estimate of drug-likeness (QED) is 0.907. The van der Waals surface area contributed by atoms with E-state index in [0.717, 1.165) is 37.7 Å². The first-order valence-corrected chi connectivity index (χ1v) is 9.81. The Labute approximate surface area is 131 Å². The SMILES string of the molecule is O=C(NC1CC2CCC(C1)S2(=O)=O)c1cccc2c1CCC2. The van der Waals surface area contributed by atoms with E-state index < -0.39 is 9.84 Å². The minimum Gasteiger partial charge on any atom is -0.349 e. The summed E-state index contributed by atoms with van der Waals surface area (Å²) >= 11 is 0. The zero-order valence-corrected chi connectivity index (χ0v) is 13.4. The molecule has 4 rings (SSSR count). The second-order valence-electron chi connectivity index (χ2n) is 6.85. The second-order valence-corrected chi connectivity index (χ2v) is 9.36. The average molecular weight is 319 g/mol. The van der Waals surface area contributed by atoms with Crippen molar-refractivity contribution in [3.05, 3.63) is 34.9 Å². The van der Waals surface area contributed by atoms with Crippen LogP contribution in [0.2, 0.25) is 0 Å². The molecule has 2 heterocycles. The summed E-state index contributed by atoms with van der Waals surface area (Å²) in [7, 11) is -2.92. The van der Waals surface area contributed by atoms with Crippen LogP contribution in [-0.4, -0.2) is 30.9 Å². The molecule has 1 aliphatic carbocycles. The summed E-state index contributed by atoms with van der Waals surface area (Å²) in [5.41, 5.74) is 3.26. The molecule has 0 saturated carbocycles. The highest BCUT2D eigenvalue weighted by molar-refractivity contribution is 7.93. The molecule has 0 aromatic heterocycles. The maximum absolute atomic E-state index is 12.6. The summed E-state index contributed by atoms with van der Waals surface area (Å²) < 4.78 is 24.2. The number of rotatable bonds is 2. The molecular formula is C17H21NO3S. The van der Waals surface area contributed by atoms with Gasteiger partial charge in [0.05, 0.1) is 10.5 Å². The molecule has 2 unspecified atom stereocenters. The summed E-state index contributed by atoms with van der Waals surface area (Å²) in [6.07, 6.45) is 5.84. The number of carbonyl (C=O) groups is 1. The standard InChI is InChI=1S/C17H21NO3S/c19-17(16-6-2-4-11-3-1-5-15(11)16)18-12-9-13-7-8-14(10-12)22(13,20)21/h2,4,6,12-14H,1,3,5,7-10H2,(H,18,19). The Bertz CT molecular complexity index is 705.